The SMILES string of the molecule is CNC(=O)C1CN(Cc2cnc(Oc3ccccc3Cl)cn2)CCO1. The van der Waals surface area contributed by atoms with Gasteiger partial charge in [0.25, 0.3) is 0 Å². The molecule has 0 aliphatic carbocycles. The second-order valence-corrected chi connectivity index (χ2v) is 5.99. The van der Waals surface area contributed by atoms with Gasteiger partial charge >= 0.3 is 0 Å². The van der Waals surface area contributed by atoms with E-state index in [-0.39, 0.29) is 5.91 Å². The van der Waals surface area contributed by atoms with E-state index in [4.69, 9.17) is 21.1 Å². The Kier molecular flexibility index (Phi) is 5.80. The number of para-hydroxylation sites is 1. The molecule has 1 aromatic heterocycles. The summed E-state index contributed by atoms with van der Waals surface area (Å²) in [6.45, 7) is 2.38. The van der Waals surface area contributed by atoms with Crippen molar-refractivity contribution in [3.63, 3.8) is 0 Å². The Hall–Kier alpha value is -2.22. The predicted octanol–water partition coefficient (Wildman–Crippen LogP) is 1.87. The van der Waals surface area contributed by atoms with Crippen LogP contribution in [0.2, 0.25) is 5.02 Å². The van der Waals surface area contributed by atoms with E-state index in [1.54, 1.807) is 31.6 Å². The summed E-state index contributed by atoms with van der Waals surface area (Å²) in [4.78, 5) is 22.5. The number of nitrogens with zero attached hydrogens (tertiary/aromatic N) is 3. The molecule has 25 heavy (non-hydrogen) atoms. The molecule has 8 heteroatoms. The molecule has 0 radical (unpaired) electrons. The van der Waals surface area contributed by atoms with Crippen molar-refractivity contribution in [2.24, 2.45) is 0 Å². The van der Waals surface area contributed by atoms with Crippen LogP contribution < -0.4 is 10.1 Å². The number of benzene rings is 1. The van der Waals surface area contributed by atoms with Crippen LogP contribution in [-0.2, 0) is 16.1 Å². The van der Waals surface area contributed by atoms with E-state index in [1.807, 2.05) is 12.1 Å². The van der Waals surface area contributed by atoms with Crippen molar-refractivity contribution in [1.29, 1.82) is 0 Å². The molecular weight excluding hydrogens is 344 g/mol. The lowest BCUT2D eigenvalue weighted by molar-refractivity contribution is -0.138. The van der Waals surface area contributed by atoms with Crippen molar-refractivity contribution >= 4 is 17.5 Å². The van der Waals surface area contributed by atoms with Crippen LogP contribution in [0.3, 0.4) is 0 Å². The smallest absolute Gasteiger partial charge is 0.250 e. The highest BCUT2D eigenvalue weighted by molar-refractivity contribution is 6.32. The molecule has 132 valence electrons. The Labute approximate surface area is 150 Å². The van der Waals surface area contributed by atoms with Crippen molar-refractivity contribution < 1.29 is 14.3 Å². The standard InChI is InChI=1S/C17H19ClN4O3/c1-19-17(23)15-11-22(6-7-24-15)10-12-8-21-16(9-20-12)25-14-5-3-2-4-13(14)18/h2-5,8-9,15H,6-7,10-11H2,1H3,(H,19,23). The Balaban J connectivity index is 1.59. The van der Waals surface area contributed by atoms with Crippen LogP contribution in [0.5, 0.6) is 11.6 Å². The Morgan fingerprint density at radius 3 is 2.96 bits per heavy atom. The number of hydrogen-bond donors (Lipinski definition) is 1. The van der Waals surface area contributed by atoms with E-state index >= 15 is 0 Å². The van der Waals surface area contributed by atoms with Crippen molar-refractivity contribution in [2.45, 2.75) is 12.6 Å². The third-order valence-corrected chi connectivity index (χ3v) is 4.12. The number of ether oxygens (including phenoxy) is 2. The van der Waals surface area contributed by atoms with E-state index in [0.717, 1.165) is 12.2 Å². The van der Waals surface area contributed by atoms with E-state index in [2.05, 4.69) is 20.2 Å². The van der Waals surface area contributed by atoms with Crippen LogP contribution in [0.25, 0.3) is 0 Å². The quantitative estimate of drug-likeness (QED) is 0.875. The Morgan fingerprint density at radius 2 is 2.24 bits per heavy atom. The van der Waals surface area contributed by atoms with Crippen LogP contribution in [0.15, 0.2) is 36.7 Å². The summed E-state index contributed by atoms with van der Waals surface area (Å²) in [7, 11) is 1.60. The summed E-state index contributed by atoms with van der Waals surface area (Å²) < 4.78 is 11.1. The average Bonchev–Trinajstić information content (AvgIpc) is 2.65. The monoisotopic (exact) mass is 362 g/mol. The first-order chi connectivity index (χ1) is 12.2. The molecular formula is C17H19ClN4O3. The van der Waals surface area contributed by atoms with Gasteiger partial charge in [0, 0.05) is 26.7 Å². The van der Waals surface area contributed by atoms with E-state index in [9.17, 15) is 4.79 Å². The van der Waals surface area contributed by atoms with Crippen LogP contribution >= 0.6 is 11.6 Å². The van der Waals surface area contributed by atoms with Crippen molar-refractivity contribution in [2.75, 3.05) is 26.7 Å². The zero-order valence-corrected chi connectivity index (χ0v) is 14.6. The zero-order chi connectivity index (χ0) is 17.6. The topological polar surface area (TPSA) is 76.6 Å². The number of likely N-dealkylation sites (N-methyl/N-ethyl adjacent to an activating group) is 1. The summed E-state index contributed by atoms with van der Waals surface area (Å²) in [5, 5.41) is 3.12. The number of amides is 1. The molecule has 7 nitrogen and oxygen atoms in total. The number of morpholine rings is 1. The molecule has 1 aromatic carbocycles. The molecule has 3 rings (SSSR count). The molecule has 1 fully saturated rings. The summed E-state index contributed by atoms with van der Waals surface area (Å²) in [6.07, 6.45) is 2.78. The number of carbonyl (C=O) groups is 1. The first-order valence-electron chi connectivity index (χ1n) is 7.94. The molecule has 1 amide bonds. The average molecular weight is 363 g/mol. The maximum atomic E-state index is 11.7. The lowest BCUT2D eigenvalue weighted by Crippen LogP contribution is -2.48. The molecule has 2 aromatic rings. The molecule has 1 N–H and O–H groups in total. The molecule has 1 unspecified atom stereocenters. The number of nitrogens with one attached hydrogen (secondary N) is 1. The first-order valence-corrected chi connectivity index (χ1v) is 8.32. The maximum Gasteiger partial charge on any atom is 0.250 e. The number of aromatic nitrogens is 2. The minimum Gasteiger partial charge on any atom is -0.436 e. The van der Waals surface area contributed by atoms with Crippen molar-refractivity contribution in [1.82, 2.24) is 20.2 Å². The molecule has 2 heterocycles. The minimum absolute atomic E-state index is 0.112. The molecule has 1 saturated heterocycles. The second kappa shape index (κ2) is 8.24. The van der Waals surface area contributed by atoms with Gasteiger partial charge in [-0.15, -0.1) is 0 Å². The lowest BCUT2D eigenvalue weighted by Gasteiger charge is -2.31. The van der Waals surface area contributed by atoms with Gasteiger partial charge in [-0.05, 0) is 12.1 Å². The zero-order valence-electron chi connectivity index (χ0n) is 13.8. The minimum atomic E-state index is -0.450. The van der Waals surface area contributed by atoms with Crippen LogP contribution in [0.1, 0.15) is 5.69 Å². The van der Waals surface area contributed by atoms with Gasteiger partial charge < -0.3 is 14.8 Å². The molecule has 1 aliphatic heterocycles. The van der Waals surface area contributed by atoms with Crippen molar-refractivity contribution in [3.05, 3.63) is 47.4 Å². The number of halogens is 1. The second-order valence-electron chi connectivity index (χ2n) is 5.59. The molecule has 1 aliphatic rings. The lowest BCUT2D eigenvalue weighted by atomic mass is 10.2. The highest BCUT2D eigenvalue weighted by atomic mass is 35.5. The summed E-state index contributed by atoms with van der Waals surface area (Å²) >= 11 is 6.06. The van der Waals surface area contributed by atoms with E-state index < -0.39 is 6.10 Å². The summed E-state index contributed by atoms with van der Waals surface area (Å²) in [6, 6.07) is 7.19. The molecule has 0 spiro atoms. The third-order valence-electron chi connectivity index (χ3n) is 3.81. The highest BCUT2D eigenvalue weighted by Crippen LogP contribution is 2.27. The molecule has 0 bridgehead atoms. The fourth-order valence-corrected chi connectivity index (χ4v) is 2.69. The maximum absolute atomic E-state index is 11.7. The van der Waals surface area contributed by atoms with E-state index in [0.29, 0.717) is 36.3 Å². The highest BCUT2D eigenvalue weighted by Gasteiger charge is 2.26. The van der Waals surface area contributed by atoms with Gasteiger partial charge in [0.15, 0.2) is 0 Å². The number of hydrogen-bond acceptors (Lipinski definition) is 6. The van der Waals surface area contributed by atoms with Gasteiger partial charge in [0.05, 0.1) is 29.7 Å². The number of carbonyl (C=O) groups excluding carboxylic acids is 1. The first kappa shape index (κ1) is 17.6. The predicted molar refractivity (Wildman–Crippen MR) is 92.6 cm³/mol. The van der Waals surface area contributed by atoms with Crippen LogP contribution in [0.4, 0.5) is 0 Å². The van der Waals surface area contributed by atoms with Gasteiger partial charge in [0.2, 0.25) is 11.8 Å². The number of rotatable bonds is 5. The van der Waals surface area contributed by atoms with Crippen LogP contribution in [0, 0.1) is 0 Å². The normalized spacial score (nSPS) is 17.9. The van der Waals surface area contributed by atoms with Gasteiger partial charge in [-0.3, -0.25) is 14.7 Å². The van der Waals surface area contributed by atoms with Crippen LogP contribution in [-0.4, -0.2) is 53.6 Å². The Bertz CT molecular complexity index is 726. The van der Waals surface area contributed by atoms with Crippen molar-refractivity contribution in [3.8, 4) is 11.6 Å². The molecule has 1 atom stereocenters. The Morgan fingerprint density at radius 1 is 1.40 bits per heavy atom. The largest absolute Gasteiger partial charge is 0.436 e. The fourth-order valence-electron chi connectivity index (χ4n) is 2.51. The fraction of sp³-hybridized carbons (Fsp3) is 0.353. The third kappa shape index (κ3) is 4.66. The van der Waals surface area contributed by atoms with Gasteiger partial charge in [-0.2, -0.15) is 0 Å². The summed E-state index contributed by atoms with van der Waals surface area (Å²) in [5.74, 6) is 0.800. The molecule has 0 saturated carbocycles. The van der Waals surface area contributed by atoms with Gasteiger partial charge in [-0.1, -0.05) is 23.7 Å². The summed E-state index contributed by atoms with van der Waals surface area (Å²) in [5.41, 5.74) is 0.795. The van der Waals surface area contributed by atoms with E-state index in [1.165, 1.54) is 0 Å². The van der Waals surface area contributed by atoms with Gasteiger partial charge in [-0.25, -0.2) is 4.98 Å². The van der Waals surface area contributed by atoms with Gasteiger partial charge in [0.1, 0.15) is 11.9 Å².